The van der Waals surface area contributed by atoms with Crippen LogP contribution in [0, 0.1) is 0 Å². The van der Waals surface area contributed by atoms with Gasteiger partial charge in [-0.3, -0.25) is 9.59 Å². The van der Waals surface area contributed by atoms with Crippen LogP contribution in [-0.4, -0.2) is 35.8 Å². The zero-order valence-electron chi connectivity index (χ0n) is 18.9. The predicted octanol–water partition coefficient (Wildman–Crippen LogP) is 3.92. The minimum absolute atomic E-state index is 0.112. The van der Waals surface area contributed by atoms with E-state index in [1.807, 2.05) is 60.7 Å². The Morgan fingerprint density at radius 1 is 0.667 bits per heavy atom. The van der Waals surface area contributed by atoms with E-state index in [4.69, 9.17) is 9.47 Å². The van der Waals surface area contributed by atoms with E-state index in [2.05, 4.69) is 10.6 Å². The van der Waals surface area contributed by atoms with Crippen LogP contribution in [0.3, 0.4) is 0 Å². The maximum absolute atomic E-state index is 12.2. The molecule has 0 bridgehead atoms. The highest BCUT2D eigenvalue weighted by Crippen LogP contribution is 2.06. The molecule has 2 atom stereocenters. The lowest BCUT2D eigenvalue weighted by Gasteiger charge is -2.14. The lowest BCUT2D eigenvalue weighted by atomic mass is 10.0. The number of ketones is 2. The van der Waals surface area contributed by atoms with E-state index in [0.717, 1.165) is 11.1 Å². The van der Waals surface area contributed by atoms with E-state index in [1.165, 1.54) is 0 Å². The minimum atomic E-state index is -0.730. The first-order valence-electron chi connectivity index (χ1n) is 10.8. The summed E-state index contributed by atoms with van der Waals surface area (Å²) in [5.41, 5.74) is 1.69. The number of hydrogen-bond donors (Lipinski definition) is 2. The summed E-state index contributed by atoms with van der Waals surface area (Å²) in [7, 11) is 0. The van der Waals surface area contributed by atoms with Crippen LogP contribution in [0.4, 0.5) is 9.59 Å². The number of carbonyl (C=O) groups excluding carboxylic acids is 4. The van der Waals surface area contributed by atoms with E-state index in [1.54, 1.807) is 13.8 Å². The quantitative estimate of drug-likeness (QED) is 0.503. The highest BCUT2D eigenvalue weighted by atomic mass is 16.6. The molecule has 0 unspecified atom stereocenters. The van der Waals surface area contributed by atoms with Crippen molar-refractivity contribution in [3.8, 4) is 0 Å². The van der Waals surface area contributed by atoms with Gasteiger partial charge in [-0.05, 0) is 31.4 Å². The van der Waals surface area contributed by atoms with Crippen molar-refractivity contribution in [1.82, 2.24) is 10.6 Å². The molecule has 0 saturated heterocycles. The number of nitrogens with one attached hydrogen (secondary N) is 2. The average Bonchev–Trinajstić information content (AvgIpc) is 2.82. The van der Waals surface area contributed by atoms with E-state index >= 15 is 0 Å². The number of amides is 2. The van der Waals surface area contributed by atoms with Crippen molar-refractivity contribution < 1.29 is 28.7 Å². The summed E-state index contributed by atoms with van der Waals surface area (Å²) in [6, 6.07) is 17.0. The Labute approximate surface area is 193 Å². The number of benzene rings is 2. The molecule has 0 radical (unpaired) electrons. The summed E-state index contributed by atoms with van der Waals surface area (Å²) >= 11 is 0. The molecule has 0 saturated carbocycles. The predicted molar refractivity (Wildman–Crippen MR) is 122 cm³/mol. The molecule has 0 spiro atoms. The van der Waals surface area contributed by atoms with Gasteiger partial charge in [-0.2, -0.15) is 0 Å². The van der Waals surface area contributed by atoms with Gasteiger partial charge in [0.05, 0.1) is 12.1 Å². The van der Waals surface area contributed by atoms with Crippen LogP contribution in [0.15, 0.2) is 60.7 Å². The van der Waals surface area contributed by atoms with Gasteiger partial charge in [0, 0.05) is 12.8 Å². The monoisotopic (exact) mass is 454 g/mol. The van der Waals surface area contributed by atoms with Gasteiger partial charge in [0.1, 0.15) is 13.2 Å². The van der Waals surface area contributed by atoms with Gasteiger partial charge in [0.15, 0.2) is 11.6 Å². The fourth-order valence-corrected chi connectivity index (χ4v) is 2.91. The van der Waals surface area contributed by atoms with Crippen molar-refractivity contribution in [1.29, 1.82) is 0 Å². The lowest BCUT2D eigenvalue weighted by molar-refractivity contribution is -0.122. The van der Waals surface area contributed by atoms with Gasteiger partial charge in [-0.15, -0.1) is 0 Å². The first-order valence-corrected chi connectivity index (χ1v) is 10.8. The molecule has 0 heterocycles. The largest absolute Gasteiger partial charge is 0.445 e. The van der Waals surface area contributed by atoms with Gasteiger partial charge in [0.25, 0.3) is 0 Å². The van der Waals surface area contributed by atoms with Crippen LogP contribution in [0.5, 0.6) is 0 Å². The first-order chi connectivity index (χ1) is 15.8. The zero-order valence-corrected chi connectivity index (χ0v) is 18.9. The Morgan fingerprint density at radius 2 is 1.03 bits per heavy atom. The number of carbonyl (C=O) groups is 4. The van der Waals surface area contributed by atoms with Gasteiger partial charge < -0.3 is 20.1 Å². The van der Waals surface area contributed by atoms with E-state index < -0.39 is 24.3 Å². The molecule has 0 aliphatic carbocycles. The summed E-state index contributed by atoms with van der Waals surface area (Å²) in [6.45, 7) is 3.36. The molecule has 0 fully saturated rings. The van der Waals surface area contributed by atoms with Crippen LogP contribution in [0.1, 0.15) is 44.2 Å². The third-order valence-corrected chi connectivity index (χ3v) is 4.91. The molecule has 176 valence electrons. The summed E-state index contributed by atoms with van der Waals surface area (Å²) in [6.07, 6.45) is -0.799. The fraction of sp³-hybridized carbons (Fsp3) is 0.360. The SMILES string of the molecule is C[C@H](NC(=O)OCc1ccccc1)C(=O)CCCC(=O)[C@H](C)NC(=O)OCc1ccccc1. The van der Waals surface area contributed by atoms with Crippen molar-refractivity contribution in [2.24, 2.45) is 0 Å². The highest BCUT2D eigenvalue weighted by molar-refractivity contribution is 5.89. The van der Waals surface area contributed by atoms with Crippen LogP contribution in [-0.2, 0) is 32.3 Å². The van der Waals surface area contributed by atoms with Crippen LogP contribution < -0.4 is 10.6 Å². The number of rotatable bonds is 12. The Bertz CT molecular complexity index is 842. The van der Waals surface area contributed by atoms with Gasteiger partial charge in [0.2, 0.25) is 0 Å². The zero-order chi connectivity index (χ0) is 24.1. The molecule has 2 amide bonds. The van der Waals surface area contributed by atoms with Gasteiger partial charge in [-0.25, -0.2) is 9.59 Å². The third kappa shape index (κ3) is 9.99. The molecular weight excluding hydrogens is 424 g/mol. The van der Waals surface area contributed by atoms with Crippen molar-refractivity contribution in [2.75, 3.05) is 0 Å². The second kappa shape index (κ2) is 13.7. The number of Topliss-reactive ketones (excluding diaryl/α,β-unsaturated/α-hetero) is 2. The molecule has 2 aromatic carbocycles. The van der Waals surface area contributed by atoms with E-state index in [9.17, 15) is 19.2 Å². The van der Waals surface area contributed by atoms with E-state index in [0.29, 0.717) is 6.42 Å². The summed E-state index contributed by atoms with van der Waals surface area (Å²) in [5, 5.41) is 4.99. The number of hydrogen-bond acceptors (Lipinski definition) is 6. The summed E-state index contributed by atoms with van der Waals surface area (Å²) < 4.78 is 10.2. The maximum atomic E-state index is 12.2. The highest BCUT2D eigenvalue weighted by Gasteiger charge is 2.19. The van der Waals surface area contributed by atoms with Gasteiger partial charge >= 0.3 is 12.2 Å². The molecular formula is C25H30N2O6. The van der Waals surface area contributed by atoms with Crippen LogP contribution >= 0.6 is 0 Å². The molecule has 2 N–H and O–H groups in total. The minimum Gasteiger partial charge on any atom is -0.445 e. The fourth-order valence-electron chi connectivity index (χ4n) is 2.91. The second-order valence-electron chi connectivity index (χ2n) is 7.64. The van der Waals surface area contributed by atoms with E-state index in [-0.39, 0.29) is 37.6 Å². The Balaban J connectivity index is 1.61. The second-order valence-corrected chi connectivity index (χ2v) is 7.64. The van der Waals surface area contributed by atoms with Crippen molar-refractivity contribution in [2.45, 2.75) is 58.4 Å². The Hall–Kier alpha value is -3.68. The maximum Gasteiger partial charge on any atom is 0.408 e. The smallest absolute Gasteiger partial charge is 0.408 e. The Morgan fingerprint density at radius 3 is 1.39 bits per heavy atom. The molecule has 0 aliphatic rings. The Kier molecular flexibility index (Phi) is 10.6. The topological polar surface area (TPSA) is 111 Å². The summed E-state index contributed by atoms with van der Waals surface area (Å²) in [4.78, 5) is 48.2. The summed E-state index contributed by atoms with van der Waals surface area (Å²) in [5.74, 6) is -0.412. The molecule has 8 heteroatoms. The lowest BCUT2D eigenvalue weighted by Crippen LogP contribution is -2.39. The van der Waals surface area contributed by atoms with Crippen molar-refractivity contribution in [3.63, 3.8) is 0 Å². The first kappa shape index (κ1) is 25.6. The van der Waals surface area contributed by atoms with Gasteiger partial charge in [-0.1, -0.05) is 60.7 Å². The number of alkyl carbamates (subject to hydrolysis) is 2. The van der Waals surface area contributed by atoms with Crippen LogP contribution in [0.25, 0.3) is 0 Å². The van der Waals surface area contributed by atoms with Crippen LogP contribution in [0.2, 0.25) is 0 Å². The molecule has 8 nitrogen and oxygen atoms in total. The van der Waals surface area contributed by atoms with Crippen molar-refractivity contribution in [3.05, 3.63) is 71.8 Å². The third-order valence-electron chi connectivity index (χ3n) is 4.91. The molecule has 0 aromatic heterocycles. The normalized spacial score (nSPS) is 12.2. The molecule has 33 heavy (non-hydrogen) atoms. The molecule has 0 aliphatic heterocycles. The standard InChI is InChI=1S/C25H30N2O6/c1-18(26-24(30)32-16-20-10-5-3-6-11-20)22(28)14-9-15-23(29)19(2)27-25(31)33-17-21-12-7-4-8-13-21/h3-8,10-13,18-19H,9,14-17H2,1-2H3,(H,26,30)(H,27,31)/t18-,19-/m0/s1. The number of ether oxygens (including phenoxy) is 2. The molecule has 2 rings (SSSR count). The average molecular weight is 455 g/mol. The van der Waals surface area contributed by atoms with Crippen molar-refractivity contribution >= 4 is 23.8 Å². The molecule has 2 aromatic rings.